The van der Waals surface area contributed by atoms with Crippen LogP contribution in [0.2, 0.25) is 5.02 Å². The van der Waals surface area contributed by atoms with Gasteiger partial charge in [-0.15, -0.1) is 0 Å². The van der Waals surface area contributed by atoms with Crippen LogP contribution in [-0.4, -0.2) is 19.8 Å². The Hall–Kier alpha value is -0.570. The van der Waals surface area contributed by atoms with Gasteiger partial charge >= 0.3 is 0 Å². The molecule has 0 radical (unpaired) electrons. The predicted octanol–water partition coefficient (Wildman–Crippen LogP) is 3.40. The van der Waals surface area contributed by atoms with Gasteiger partial charge in [0.25, 0.3) is 0 Å². The molecule has 0 spiro atoms. The molecule has 2 atom stereocenters. The molecule has 1 N–H and O–H groups in total. The maximum atomic E-state index is 6.14. The van der Waals surface area contributed by atoms with Gasteiger partial charge in [-0.1, -0.05) is 17.7 Å². The fourth-order valence-electron chi connectivity index (χ4n) is 2.55. The van der Waals surface area contributed by atoms with E-state index in [-0.39, 0.29) is 6.04 Å². The molecule has 1 aromatic carbocycles. The van der Waals surface area contributed by atoms with Crippen molar-refractivity contribution in [3.05, 3.63) is 33.8 Å². The number of hydrogen-bond donors (Lipinski definition) is 1. The molecule has 3 heteroatoms. The summed E-state index contributed by atoms with van der Waals surface area (Å²) < 4.78 is 5.79. The van der Waals surface area contributed by atoms with Gasteiger partial charge in [0.05, 0.1) is 12.1 Å². The minimum atomic E-state index is 0.272. The highest BCUT2D eigenvalue weighted by atomic mass is 35.5. The van der Waals surface area contributed by atoms with Gasteiger partial charge < -0.3 is 10.1 Å². The van der Waals surface area contributed by atoms with Crippen LogP contribution >= 0.6 is 11.6 Å². The number of halogens is 1. The zero-order valence-electron chi connectivity index (χ0n) is 10.7. The summed E-state index contributed by atoms with van der Waals surface area (Å²) in [6.07, 6.45) is 2.58. The molecule has 1 aromatic rings. The maximum Gasteiger partial charge on any atom is 0.0770 e. The number of ether oxygens (including phenoxy) is 1. The first-order chi connectivity index (χ1) is 8.13. The van der Waals surface area contributed by atoms with Gasteiger partial charge in [-0.05, 0) is 56.5 Å². The van der Waals surface area contributed by atoms with E-state index in [1.54, 1.807) is 0 Å². The Bertz CT molecular complexity index is 399. The fraction of sp³-hybridized carbons (Fsp3) is 0.571. The lowest BCUT2D eigenvalue weighted by molar-refractivity contribution is 0.0806. The predicted molar refractivity (Wildman–Crippen MR) is 71.7 cm³/mol. The first kappa shape index (κ1) is 12.9. The van der Waals surface area contributed by atoms with Gasteiger partial charge in [0.1, 0.15) is 0 Å². The Morgan fingerprint density at radius 1 is 1.35 bits per heavy atom. The Morgan fingerprint density at radius 2 is 2.12 bits per heavy atom. The van der Waals surface area contributed by atoms with Crippen LogP contribution in [0, 0.1) is 13.8 Å². The zero-order chi connectivity index (χ0) is 12.4. The van der Waals surface area contributed by atoms with Crippen molar-refractivity contribution in [1.82, 2.24) is 5.32 Å². The third kappa shape index (κ3) is 2.65. The average Bonchev–Trinajstić information content (AvgIpc) is 2.80. The van der Waals surface area contributed by atoms with Gasteiger partial charge in [-0.25, -0.2) is 0 Å². The molecule has 0 aliphatic carbocycles. The number of rotatable bonds is 3. The van der Waals surface area contributed by atoms with Crippen molar-refractivity contribution in [3.8, 4) is 0 Å². The summed E-state index contributed by atoms with van der Waals surface area (Å²) >= 11 is 6.14. The molecule has 0 aromatic heterocycles. The van der Waals surface area contributed by atoms with E-state index in [9.17, 15) is 0 Å². The molecule has 94 valence electrons. The number of likely N-dealkylation sites (N-methyl/N-ethyl adjacent to an activating group) is 1. The van der Waals surface area contributed by atoms with Crippen molar-refractivity contribution in [2.75, 3.05) is 13.7 Å². The largest absolute Gasteiger partial charge is 0.376 e. The van der Waals surface area contributed by atoms with E-state index in [4.69, 9.17) is 16.3 Å². The molecule has 1 fully saturated rings. The number of benzene rings is 1. The standard InChI is InChI=1S/C14H20ClNO/c1-9-8-12(15)10(2)7-11(9)14(16-3)13-5-4-6-17-13/h7-8,13-14,16H,4-6H2,1-3H3. The van der Waals surface area contributed by atoms with Crippen molar-refractivity contribution in [2.45, 2.75) is 38.8 Å². The summed E-state index contributed by atoms with van der Waals surface area (Å²) in [5.74, 6) is 0. The monoisotopic (exact) mass is 253 g/mol. The number of nitrogens with one attached hydrogen (secondary N) is 1. The molecule has 1 saturated heterocycles. The number of hydrogen-bond acceptors (Lipinski definition) is 2. The summed E-state index contributed by atoms with van der Waals surface area (Å²) in [6, 6.07) is 4.50. The summed E-state index contributed by atoms with van der Waals surface area (Å²) in [6.45, 7) is 5.04. The highest BCUT2D eigenvalue weighted by Gasteiger charge is 2.27. The van der Waals surface area contributed by atoms with E-state index in [1.807, 2.05) is 20.0 Å². The molecule has 1 heterocycles. The fourth-order valence-corrected chi connectivity index (χ4v) is 2.76. The third-order valence-corrected chi connectivity index (χ3v) is 3.94. The Labute approximate surface area is 108 Å². The van der Waals surface area contributed by atoms with Crippen LogP contribution in [0.15, 0.2) is 12.1 Å². The molecule has 1 aliphatic rings. The van der Waals surface area contributed by atoms with Crippen molar-refractivity contribution >= 4 is 11.6 Å². The Balaban J connectivity index is 2.32. The molecule has 0 saturated carbocycles. The molecular weight excluding hydrogens is 234 g/mol. The maximum absolute atomic E-state index is 6.14. The van der Waals surface area contributed by atoms with E-state index in [0.717, 1.165) is 30.0 Å². The van der Waals surface area contributed by atoms with Crippen LogP contribution in [0.25, 0.3) is 0 Å². The second kappa shape index (κ2) is 5.38. The third-order valence-electron chi connectivity index (χ3n) is 3.53. The lowest BCUT2D eigenvalue weighted by Gasteiger charge is -2.25. The normalized spacial score (nSPS) is 21.8. The average molecular weight is 254 g/mol. The Morgan fingerprint density at radius 3 is 2.71 bits per heavy atom. The number of aryl methyl sites for hydroxylation is 2. The van der Waals surface area contributed by atoms with Crippen LogP contribution in [0.4, 0.5) is 0 Å². The first-order valence-electron chi connectivity index (χ1n) is 6.19. The highest BCUT2D eigenvalue weighted by Crippen LogP contribution is 2.31. The van der Waals surface area contributed by atoms with E-state index >= 15 is 0 Å². The molecule has 2 nitrogen and oxygen atoms in total. The highest BCUT2D eigenvalue weighted by molar-refractivity contribution is 6.31. The molecule has 1 aliphatic heterocycles. The van der Waals surface area contributed by atoms with Crippen LogP contribution in [0.3, 0.4) is 0 Å². The molecule has 17 heavy (non-hydrogen) atoms. The smallest absolute Gasteiger partial charge is 0.0770 e. The Kier molecular flexibility index (Phi) is 4.08. The SMILES string of the molecule is CNC(c1cc(C)c(Cl)cc1C)C1CCCO1. The van der Waals surface area contributed by atoms with Crippen molar-refractivity contribution < 1.29 is 4.74 Å². The van der Waals surface area contributed by atoms with Gasteiger partial charge in [-0.2, -0.15) is 0 Å². The minimum Gasteiger partial charge on any atom is -0.376 e. The second-order valence-electron chi connectivity index (χ2n) is 4.78. The van der Waals surface area contributed by atoms with E-state index in [1.165, 1.54) is 11.1 Å². The summed E-state index contributed by atoms with van der Waals surface area (Å²) in [4.78, 5) is 0. The minimum absolute atomic E-state index is 0.272. The van der Waals surface area contributed by atoms with Gasteiger partial charge in [0.2, 0.25) is 0 Å². The van der Waals surface area contributed by atoms with Crippen LogP contribution in [-0.2, 0) is 4.74 Å². The summed E-state index contributed by atoms with van der Waals surface area (Å²) in [7, 11) is 2.00. The summed E-state index contributed by atoms with van der Waals surface area (Å²) in [5.41, 5.74) is 3.67. The van der Waals surface area contributed by atoms with Gasteiger partial charge in [-0.3, -0.25) is 0 Å². The topological polar surface area (TPSA) is 21.3 Å². The van der Waals surface area contributed by atoms with Crippen LogP contribution in [0.5, 0.6) is 0 Å². The van der Waals surface area contributed by atoms with E-state index in [0.29, 0.717) is 6.10 Å². The molecule has 2 rings (SSSR count). The summed E-state index contributed by atoms with van der Waals surface area (Å²) in [5, 5.41) is 4.22. The van der Waals surface area contributed by atoms with Crippen molar-refractivity contribution in [2.24, 2.45) is 0 Å². The van der Waals surface area contributed by atoms with E-state index < -0.39 is 0 Å². The second-order valence-corrected chi connectivity index (χ2v) is 5.18. The van der Waals surface area contributed by atoms with Gasteiger partial charge in [0.15, 0.2) is 0 Å². The van der Waals surface area contributed by atoms with Crippen LogP contribution < -0.4 is 5.32 Å². The van der Waals surface area contributed by atoms with Gasteiger partial charge in [0, 0.05) is 11.6 Å². The molecule has 2 unspecified atom stereocenters. The molecular formula is C14H20ClNO. The molecule has 0 amide bonds. The molecule has 0 bridgehead atoms. The van der Waals surface area contributed by atoms with Crippen molar-refractivity contribution in [1.29, 1.82) is 0 Å². The lowest BCUT2D eigenvalue weighted by atomic mass is 9.94. The van der Waals surface area contributed by atoms with E-state index in [2.05, 4.69) is 18.3 Å². The lowest BCUT2D eigenvalue weighted by Crippen LogP contribution is -2.29. The van der Waals surface area contributed by atoms with Crippen molar-refractivity contribution in [3.63, 3.8) is 0 Å². The first-order valence-corrected chi connectivity index (χ1v) is 6.56. The quantitative estimate of drug-likeness (QED) is 0.892. The zero-order valence-corrected chi connectivity index (χ0v) is 11.5. The van der Waals surface area contributed by atoms with Crippen LogP contribution in [0.1, 0.15) is 35.6 Å².